The number of aryl methyl sites for hydroxylation is 2. The minimum Gasteiger partial charge on any atom is -0.369 e. The van der Waals surface area contributed by atoms with Crippen molar-refractivity contribution in [3.8, 4) is 0 Å². The number of rotatable bonds is 4. The van der Waals surface area contributed by atoms with Crippen LogP contribution >= 0.6 is 0 Å². The lowest BCUT2D eigenvalue weighted by molar-refractivity contribution is -0.123. The van der Waals surface area contributed by atoms with Crippen LogP contribution in [0.1, 0.15) is 41.1 Å². The van der Waals surface area contributed by atoms with E-state index in [-0.39, 0.29) is 23.9 Å². The number of carbonyl (C=O) groups is 2. The summed E-state index contributed by atoms with van der Waals surface area (Å²) in [6.45, 7) is 5.20. The molecule has 0 bridgehead atoms. The highest BCUT2D eigenvalue weighted by Gasteiger charge is 2.27. The maximum absolute atomic E-state index is 12.9. The van der Waals surface area contributed by atoms with Crippen molar-refractivity contribution in [2.24, 2.45) is 11.7 Å². The Morgan fingerprint density at radius 1 is 1.15 bits per heavy atom. The van der Waals surface area contributed by atoms with E-state index in [0.717, 1.165) is 11.1 Å². The Hall–Kier alpha value is -2.89. The van der Waals surface area contributed by atoms with Crippen LogP contribution in [0.4, 0.5) is 4.79 Å². The first-order valence-corrected chi connectivity index (χ1v) is 9.27. The SMILES string of the molecule is Cc1ccc(C(NC(=O)N2CCC(C(N)=O)CC2)c2cccnc2)cc1C. The van der Waals surface area contributed by atoms with Crippen LogP contribution in [-0.4, -0.2) is 34.9 Å². The summed E-state index contributed by atoms with van der Waals surface area (Å²) in [5.74, 6) is -0.415. The number of aromatic nitrogens is 1. The number of nitrogens with two attached hydrogens (primary N) is 1. The summed E-state index contributed by atoms with van der Waals surface area (Å²) in [4.78, 5) is 30.2. The molecule has 1 atom stereocenters. The van der Waals surface area contributed by atoms with Gasteiger partial charge in [-0.1, -0.05) is 24.3 Å². The van der Waals surface area contributed by atoms with Crippen LogP contribution < -0.4 is 11.1 Å². The molecule has 1 unspecified atom stereocenters. The van der Waals surface area contributed by atoms with E-state index < -0.39 is 0 Å². The lowest BCUT2D eigenvalue weighted by Crippen LogP contribution is -2.47. The largest absolute Gasteiger partial charge is 0.369 e. The molecule has 3 rings (SSSR count). The van der Waals surface area contributed by atoms with Gasteiger partial charge in [0.25, 0.3) is 0 Å². The van der Waals surface area contributed by atoms with Gasteiger partial charge in [-0.15, -0.1) is 0 Å². The van der Waals surface area contributed by atoms with E-state index in [2.05, 4.69) is 36.3 Å². The summed E-state index contributed by atoms with van der Waals surface area (Å²) < 4.78 is 0. The topological polar surface area (TPSA) is 88.3 Å². The Kier molecular flexibility index (Phi) is 5.74. The Bertz CT molecular complexity index is 814. The Morgan fingerprint density at radius 3 is 2.48 bits per heavy atom. The fourth-order valence-electron chi connectivity index (χ4n) is 3.43. The standard InChI is InChI=1S/C21H26N4O2/c1-14-5-6-17(12-15(14)2)19(18-4-3-9-23-13-18)24-21(27)25-10-7-16(8-11-25)20(22)26/h3-6,9,12-13,16,19H,7-8,10-11H2,1-2H3,(H2,22,26)(H,24,27). The number of nitrogens with zero attached hydrogens (tertiary/aromatic N) is 2. The third kappa shape index (κ3) is 4.45. The molecular formula is C21H26N4O2. The van der Waals surface area contributed by atoms with Gasteiger partial charge in [-0.3, -0.25) is 9.78 Å². The zero-order valence-corrected chi connectivity index (χ0v) is 15.8. The molecule has 3 N–H and O–H groups in total. The number of pyridine rings is 1. The van der Waals surface area contributed by atoms with Gasteiger partial charge in [-0.05, 0) is 55.0 Å². The Balaban J connectivity index is 1.79. The molecule has 2 aromatic rings. The number of primary amides is 1. The van der Waals surface area contributed by atoms with E-state index >= 15 is 0 Å². The number of carbonyl (C=O) groups excluding carboxylic acids is 2. The van der Waals surface area contributed by atoms with E-state index in [9.17, 15) is 9.59 Å². The highest BCUT2D eigenvalue weighted by Crippen LogP contribution is 2.25. The molecule has 0 spiro atoms. The van der Waals surface area contributed by atoms with Gasteiger partial charge in [-0.25, -0.2) is 4.79 Å². The number of benzene rings is 1. The predicted molar refractivity (Wildman–Crippen MR) is 104 cm³/mol. The molecule has 1 aliphatic rings. The Labute approximate surface area is 159 Å². The number of hydrogen-bond acceptors (Lipinski definition) is 3. The fraction of sp³-hybridized carbons (Fsp3) is 0.381. The van der Waals surface area contributed by atoms with Crippen molar-refractivity contribution < 1.29 is 9.59 Å². The molecule has 1 aliphatic heterocycles. The van der Waals surface area contributed by atoms with Gasteiger partial charge in [-0.2, -0.15) is 0 Å². The van der Waals surface area contributed by atoms with Crippen LogP contribution in [0.15, 0.2) is 42.7 Å². The molecule has 1 aromatic heterocycles. The van der Waals surface area contributed by atoms with Crippen molar-refractivity contribution in [3.05, 3.63) is 65.0 Å². The van der Waals surface area contributed by atoms with Gasteiger partial charge in [0.05, 0.1) is 6.04 Å². The van der Waals surface area contributed by atoms with Gasteiger partial charge < -0.3 is 16.0 Å². The number of likely N-dealkylation sites (tertiary alicyclic amines) is 1. The smallest absolute Gasteiger partial charge is 0.318 e. The first-order valence-electron chi connectivity index (χ1n) is 9.27. The fourth-order valence-corrected chi connectivity index (χ4v) is 3.43. The summed E-state index contributed by atoms with van der Waals surface area (Å²) in [5.41, 5.74) is 9.72. The van der Waals surface area contributed by atoms with Crippen LogP contribution in [0, 0.1) is 19.8 Å². The third-order valence-corrected chi connectivity index (χ3v) is 5.33. The van der Waals surface area contributed by atoms with E-state index in [1.165, 1.54) is 11.1 Å². The lowest BCUT2D eigenvalue weighted by Gasteiger charge is -2.32. The monoisotopic (exact) mass is 366 g/mol. The van der Waals surface area contributed by atoms with E-state index in [1.807, 2.05) is 18.2 Å². The molecule has 6 nitrogen and oxygen atoms in total. The number of hydrogen-bond donors (Lipinski definition) is 2. The predicted octanol–water partition coefficient (Wildman–Crippen LogP) is 2.69. The second-order valence-electron chi connectivity index (χ2n) is 7.18. The molecule has 1 saturated heterocycles. The summed E-state index contributed by atoms with van der Waals surface area (Å²) in [7, 11) is 0. The number of nitrogens with one attached hydrogen (secondary N) is 1. The van der Waals surface area contributed by atoms with Gasteiger partial charge in [0.1, 0.15) is 0 Å². The van der Waals surface area contributed by atoms with Crippen molar-refractivity contribution in [2.75, 3.05) is 13.1 Å². The lowest BCUT2D eigenvalue weighted by atomic mass is 9.95. The minimum atomic E-state index is -0.279. The highest BCUT2D eigenvalue weighted by molar-refractivity contribution is 5.78. The molecule has 3 amide bonds. The van der Waals surface area contributed by atoms with Gasteiger partial charge in [0, 0.05) is 31.4 Å². The molecule has 27 heavy (non-hydrogen) atoms. The number of urea groups is 1. The van der Waals surface area contributed by atoms with Gasteiger partial charge in [0.15, 0.2) is 0 Å². The van der Waals surface area contributed by atoms with Crippen molar-refractivity contribution >= 4 is 11.9 Å². The minimum absolute atomic E-state index is 0.134. The van der Waals surface area contributed by atoms with Gasteiger partial charge in [0.2, 0.25) is 5.91 Å². The van der Waals surface area contributed by atoms with E-state index in [0.29, 0.717) is 25.9 Å². The summed E-state index contributed by atoms with van der Waals surface area (Å²) >= 11 is 0. The zero-order valence-electron chi connectivity index (χ0n) is 15.8. The molecule has 2 heterocycles. The second-order valence-corrected chi connectivity index (χ2v) is 7.18. The molecule has 0 aliphatic carbocycles. The zero-order chi connectivity index (χ0) is 19.4. The summed E-state index contributed by atoms with van der Waals surface area (Å²) in [6.07, 6.45) is 4.73. The average Bonchev–Trinajstić information content (AvgIpc) is 2.69. The van der Waals surface area contributed by atoms with Gasteiger partial charge >= 0.3 is 6.03 Å². The first kappa shape index (κ1) is 18.9. The molecule has 1 fully saturated rings. The molecule has 6 heteroatoms. The van der Waals surface area contributed by atoms with E-state index in [4.69, 9.17) is 5.73 Å². The maximum Gasteiger partial charge on any atom is 0.318 e. The Morgan fingerprint density at radius 2 is 1.89 bits per heavy atom. The molecule has 1 aromatic carbocycles. The summed E-state index contributed by atoms with van der Waals surface area (Å²) in [6, 6.07) is 9.63. The number of piperidine rings is 1. The molecule has 0 radical (unpaired) electrons. The third-order valence-electron chi connectivity index (χ3n) is 5.33. The van der Waals surface area contributed by atoms with Crippen LogP contribution in [0.5, 0.6) is 0 Å². The normalized spacial score (nSPS) is 16.0. The number of amides is 3. The average molecular weight is 366 g/mol. The highest BCUT2D eigenvalue weighted by atomic mass is 16.2. The van der Waals surface area contributed by atoms with Crippen LogP contribution in [0.2, 0.25) is 0 Å². The quantitative estimate of drug-likeness (QED) is 0.872. The van der Waals surface area contributed by atoms with Crippen molar-refractivity contribution in [2.45, 2.75) is 32.7 Å². The second kappa shape index (κ2) is 8.20. The van der Waals surface area contributed by atoms with Crippen LogP contribution in [0.25, 0.3) is 0 Å². The van der Waals surface area contributed by atoms with Crippen molar-refractivity contribution in [1.82, 2.24) is 15.2 Å². The molecule has 0 saturated carbocycles. The summed E-state index contributed by atoms with van der Waals surface area (Å²) in [5, 5.41) is 3.14. The van der Waals surface area contributed by atoms with Crippen molar-refractivity contribution in [3.63, 3.8) is 0 Å². The maximum atomic E-state index is 12.9. The van der Waals surface area contributed by atoms with Crippen molar-refractivity contribution in [1.29, 1.82) is 0 Å². The van der Waals surface area contributed by atoms with Crippen LogP contribution in [0.3, 0.4) is 0 Å². The molecular weight excluding hydrogens is 340 g/mol. The first-order chi connectivity index (χ1) is 13.0. The molecule has 142 valence electrons. The van der Waals surface area contributed by atoms with Crippen LogP contribution in [-0.2, 0) is 4.79 Å². The van der Waals surface area contributed by atoms with E-state index in [1.54, 1.807) is 17.3 Å².